The van der Waals surface area contributed by atoms with Gasteiger partial charge in [-0.15, -0.1) is 0 Å². The van der Waals surface area contributed by atoms with E-state index >= 15 is 0 Å². The van der Waals surface area contributed by atoms with Crippen molar-refractivity contribution in [2.24, 2.45) is 0 Å². The standard InChI is InChI=1S/C13H16Br2N2O/c14-10-5-6-12(11(15)9-10)16-13(18)17-7-3-1-2-4-8-17/h5-6,9H,1-4,7-8H2,(H,16,18). The Labute approximate surface area is 124 Å². The lowest BCUT2D eigenvalue weighted by atomic mass is 10.2. The second-order valence-electron chi connectivity index (χ2n) is 4.46. The molecule has 2 rings (SSSR count). The molecule has 0 aromatic heterocycles. The molecule has 2 amide bonds. The summed E-state index contributed by atoms with van der Waals surface area (Å²) >= 11 is 6.85. The highest BCUT2D eigenvalue weighted by Crippen LogP contribution is 2.26. The van der Waals surface area contributed by atoms with E-state index in [-0.39, 0.29) is 6.03 Å². The van der Waals surface area contributed by atoms with Gasteiger partial charge in [-0.2, -0.15) is 0 Å². The van der Waals surface area contributed by atoms with Crippen LogP contribution in [0.25, 0.3) is 0 Å². The zero-order valence-electron chi connectivity index (χ0n) is 10.1. The minimum absolute atomic E-state index is 0.0000718. The smallest absolute Gasteiger partial charge is 0.321 e. The number of hydrogen-bond donors (Lipinski definition) is 1. The fourth-order valence-electron chi connectivity index (χ4n) is 2.06. The molecule has 1 aliphatic heterocycles. The third-order valence-electron chi connectivity index (χ3n) is 3.07. The van der Waals surface area contributed by atoms with Gasteiger partial charge in [0.05, 0.1) is 5.69 Å². The predicted octanol–water partition coefficient (Wildman–Crippen LogP) is 4.62. The van der Waals surface area contributed by atoms with E-state index < -0.39 is 0 Å². The first-order valence-electron chi connectivity index (χ1n) is 6.18. The number of rotatable bonds is 1. The van der Waals surface area contributed by atoms with Crippen LogP contribution in [0.3, 0.4) is 0 Å². The molecule has 3 nitrogen and oxygen atoms in total. The van der Waals surface area contributed by atoms with E-state index in [1.54, 1.807) is 0 Å². The van der Waals surface area contributed by atoms with Gasteiger partial charge in [0.1, 0.15) is 0 Å². The summed E-state index contributed by atoms with van der Waals surface area (Å²) in [7, 11) is 0. The van der Waals surface area contributed by atoms with Crippen molar-refractivity contribution in [1.29, 1.82) is 0 Å². The molecule has 0 atom stereocenters. The number of urea groups is 1. The molecule has 5 heteroatoms. The second-order valence-corrected chi connectivity index (χ2v) is 6.23. The van der Waals surface area contributed by atoms with Crippen LogP contribution in [0, 0.1) is 0 Å². The molecule has 98 valence electrons. The quantitative estimate of drug-likeness (QED) is 0.763. The van der Waals surface area contributed by atoms with Gasteiger partial charge in [-0.1, -0.05) is 28.8 Å². The van der Waals surface area contributed by atoms with E-state index in [2.05, 4.69) is 37.2 Å². The van der Waals surface area contributed by atoms with Gasteiger partial charge in [0.15, 0.2) is 0 Å². The first-order valence-corrected chi connectivity index (χ1v) is 7.76. The molecule has 1 heterocycles. The zero-order chi connectivity index (χ0) is 13.0. The van der Waals surface area contributed by atoms with Crippen LogP contribution in [0.4, 0.5) is 10.5 Å². The number of carbonyl (C=O) groups excluding carboxylic acids is 1. The molecule has 1 aromatic carbocycles. The van der Waals surface area contributed by atoms with E-state index in [4.69, 9.17) is 0 Å². The SMILES string of the molecule is O=C(Nc1ccc(Br)cc1Br)N1CCCCCC1. The third-order valence-corrected chi connectivity index (χ3v) is 4.22. The molecule has 0 bridgehead atoms. The van der Waals surface area contributed by atoms with Crippen LogP contribution in [-0.2, 0) is 0 Å². The van der Waals surface area contributed by atoms with Gasteiger partial charge in [0.2, 0.25) is 0 Å². The fourth-order valence-corrected chi connectivity index (χ4v) is 3.21. The average Bonchev–Trinajstić information content (AvgIpc) is 2.61. The van der Waals surface area contributed by atoms with Crippen LogP contribution in [0.2, 0.25) is 0 Å². The maximum Gasteiger partial charge on any atom is 0.321 e. The van der Waals surface area contributed by atoms with Gasteiger partial charge in [0, 0.05) is 22.0 Å². The van der Waals surface area contributed by atoms with Crippen LogP contribution < -0.4 is 5.32 Å². The molecule has 0 spiro atoms. The summed E-state index contributed by atoms with van der Waals surface area (Å²) in [4.78, 5) is 14.0. The molecule has 0 saturated carbocycles. The summed E-state index contributed by atoms with van der Waals surface area (Å²) in [6, 6.07) is 5.74. The van der Waals surface area contributed by atoms with Crippen molar-refractivity contribution in [1.82, 2.24) is 4.90 Å². The summed E-state index contributed by atoms with van der Waals surface area (Å²) in [6.07, 6.45) is 4.67. The van der Waals surface area contributed by atoms with Gasteiger partial charge >= 0.3 is 6.03 Å². The Morgan fingerprint density at radius 1 is 1.11 bits per heavy atom. The van der Waals surface area contributed by atoms with E-state index in [1.807, 2.05) is 23.1 Å². The van der Waals surface area contributed by atoms with Crippen LogP contribution >= 0.6 is 31.9 Å². The number of amides is 2. The Morgan fingerprint density at radius 3 is 2.39 bits per heavy atom. The molecule has 0 radical (unpaired) electrons. The van der Waals surface area contributed by atoms with Crippen molar-refractivity contribution in [2.45, 2.75) is 25.7 Å². The van der Waals surface area contributed by atoms with Gasteiger partial charge in [0.25, 0.3) is 0 Å². The molecule has 18 heavy (non-hydrogen) atoms. The Balaban J connectivity index is 2.01. The van der Waals surface area contributed by atoms with E-state index in [9.17, 15) is 4.79 Å². The number of benzene rings is 1. The van der Waals surface area contributed by atoms with Gasteiger partial charge < -0.3 is 10.2 Å². The Morgan fingerprint density at radius 2 is 1.78 bits per heavy atom. The lowest BCUT2D eigenvalue weighted by Crippen LogP contribution is -2.35. The number of carbonyl (C=O) groups is 1. The number of anilines is 1. The molecule has 1 N–H and O–H groups in total. The van der Waals surface area contributed by atoms with Crippen molar-refractivity contribution in [3.63, 3.8) is 0 Å². The highest BCUT2D eigenvalue weighted by molar-refractivity contribution is 9.11. The second kappa shape index (κ2) is 6.57. The Bertz CT molecular complexity index is 429. The third kappa shape index (κ3) is 3.72. The van der Waals surface area contributed by atoms with Crippen molar-refractivity contribution in [3.8, 4) is 0 Å². The predicted molar refractivity (Wildman–Crippen MR) is 80.9 cm³/mol. The highest BCUT2D eigenvalue weighted by Gasteiger charge is 2.16. The Kier molecular flexibility index (Phi) is 5.06. The first-order chi connectivity index (χ1) is 8.66. The number of halogens is 2. The monoisotopic (exact) mass is 374 g/mol. The zero-order valence-corrected chi connectivity index (χ0v) is 13.3. The summed E-state index contributed by atoms with van der Waals surface area (Å²) in [5, 5.41) is 2.95. The maximum absolute atomic E-state index is 12.1. The normalized spacial score (nSPS) is 16.2. The summed E-state index contributed by atoms with van der Waals surface area (Å²) in [5.41, 5.74) is 0.812. The number of likely N-dealkylation sites (tertiary alicyclic amines) is 1. The number of nitrogens with one attached hydrogen (secondary N) is 1. The highest BCUT2D eigenvalue weighted by atomic mass is 79.9. The molecule has 0 aliphatic carbocycles. The average molecular weight is 376 g/mol. The van der Waals surface area contributed by atoms with Gasteiger partial charge in [-0.25, -0.2) is 4.79 Å². The number of hydrogen-bond acceptors (Lipinski definition) is 1. The lowest BCUT2D eigenvalue weighted by molar-refractivity contribution is 0.214. The van der Waals surface area contributed by atoms with Crippen molar-refractivity contribution in [3.05, 3.63) is 27.1 Å². The molecule has 1 aromatic rings. The van der Waals surface area contributed by atoms with Crippen molar-refractivity contribution >= 4 is 43.6 Å². The Hall–Kier alpha value is -0.550. The summed E-state index contributed by atoms with van der Waals surface area (Å²) < 4.78 is 1.88. The maximum atomic E-state index is 12.1. The molecule has 0 unspecified atom stereocenters. The van der Waals surface area contributed by atoms with Crippen molar-refractivity contribution < 1.29 is 4.79 Å². The van der Waals surface area contributed by atoms with Crippen LogP contribution in [0.5, 0.6) is 0 Å². The number of nitrogens with zero attached hydrogens (tertiary/aromatic N) is 1. The molecular formula is C13H16Br2N2O. The lowest BCUT2D eigenvalue weighted by Gasteiger charge is -2.21. The fraction of sp³-hybridized carbons (Fsp3) is 0.462. The van der Waals surface area contributed by atoms with Crippen LogP contribution in [-0.4, -0.2) is 24.0 Å². The summed E-state index contributed by atoms with van der Waals surface area (Å²) in [6.45, 7) is 1.72. The minimum Gasteiger partial charge on any atom is -0.325 e. The molecule has 1 fully saturated rings. The van der Waals surface area contributed by atoms with E-state index in [0.717, 1.165) is 40.6 Å². The van der Waals surface area contributed by atoms with E-state index in [1.165, 1.54) is 12.8 Å². The van der Waals surface area contributed by atoms with Gasteiger partial charge in [-0.3, -0.25) is 0 Å². The first kappa shape index (κ1) is 13.9. The van der Waals surface area contributed by atoms with Gasteiger partial charge in [-0.05, 0) is 47.0 Å². The molecular weight excluding hydrogens is 360 g/mol. The summed E-state index contributed by atoms with van der Waals surface area (Å²) in [5.74, 6) is 0. The van der Waals surface area contributed by atoms with Crippen molar-refractivity contribution in [2.75, 3.05) is 18.4 Å². The van der Waals surface area contributed by atoms with Crippen LogP contribution in [0.1, 0.15) is 25.7 Å². The van der Waals surface area contributed by atoms with E-state index in [0.29, 0.717) is 0 Å². The topological polar surface area (TPSA) is 32.3 Å². The largest absolute Gasteiger partial charge is 0.325 e. The molecule has 1 saturated heterocycles. The van der Waals surface area contributed by atoms with Crippen LogP contribution in [0.15, 0.2) is 27.1 Å². The molecule has 1 aliphatic rings. The minimum atomic E-state index is -0.0000718.